The molecule has 43 heavy (non-hydrogen) atoms. The summed E-state index contributed by atoms with van der Waals surface area (Å²) in [5.74, 6) is 0.712. The highest BCUT2D eigenvalue weighted by molar-refractivity contribution is 5.73. The number of rotatable bonds is 12. The van der Waals surface area contributed by atoms with E-state index in [1.165, 1.54) is 22.3 Å². The van der Waals surface area contributed by atoms with Gasteiger partial charge < -0.3 is 15.4 Å². The van der Waals surface area contributed by atoms with E-state index in [2.05, 4.69) is 104 Å². The number of primary amides is 1. The van der Waals surface area contributed by atoms with Gasteiger partial charge in [-0.1, -0.05) is 65.0 Å². The molecule has 2 aromatic rings. The van der Waals surface area contributed by atoms with Crippen LogP contribution >= 0.6 is 0 Å². The molecule has 238 valence electrons. The SMILES string of the molecule is COc1cc(CN2CCN(C)CC2)cc(C(C)(C)CC(CCC(N)=O)N2CCN(Cc3cccc(C(C)(C)C)c3)CC2)c1. The fourth-order valence-electron chi connectivity index (χ4n) is 6.64. The van der Waals surface area contributed by atoms with Crippen LogP contribution in [0.5, 0.6) is 5.75 Å². The number of carbonyl (C=O) groups excluding carboxylic acids is 1. The second-order valence-corrected chi connectivity index (χ2v) is 14.7. The van der Waals surface area contributed by atoms with E-state index >= 15 is 0 Å². The third kappa shape index (κ3) is 9.77. The lowest BCUT2D eigenvalue weighted by atomic mass is 9.77. The number of hydrogen-bond acceptors (Lipinski definition) is 6. The third-order valence-corrected chi connectivity index (χ3v) is 9.58. The molecule has 0 aromatic heterocycles. The second-order valence-electron chi connectivity index (χ2n) is 14.7. The second kappa shape index (κ2) is 14.6. The molecule has 2 aromatic carbocycles. The Balaban J connectivity index is 1.43. The molecular weight excluding hydrogens is 534 g/mol. The number of amides is 1. The molecule has 0 aliphatic carbocycles. The summed E-state index contributed by atoms with van der Waals surface area (Å²) in [7, 11) is 3.96. The fraction of sp³-hybridized carbons (Fsp3) is 0.639. The largest absolute Gasteiger partial charge is 0.497 e. The summed E-state index contributed by atoms with van der Waals surface area (Å²) in [4.78, 5) is 22.0. The van der Waals surface area contributed by atoms with E-state index in [4.69, 9.17) is 10.5 Å². The van der Waals surface area contributed by atoms with Gasteiger partial charge in [0.15, 0.2) is 0 Å². The standard InChI is InChI=1S/C36H57N5O2/c1-35(2,3)30-10-8-9-28(21-30)26-40-17-19-41(20-18-40)32(11-12-34(37)42)25-36(4,5)31-22-29(23-33(24-31)43-7)27-39-15-13-38(6)14-16-39/h8-10,21-24,32H,11-20,25-27H2,1-7H3,(H2,37,42). The molecule has 2 N–H and O–H groups in total. The minimum Gasteiger partial charge on any atom is -0.497 e. The predicted octanol–water partition coefficient (Wildman–Crippen LogP) is 4.86. The van der Waals surface area contributed by atoms with E-state index in [9.17, 15) is 4.79 Å². The van der Waals surface area contributed by atoms with E-state index in [0.29, 0.717) is 12.5 Å². The first-order valence-corrected chi connectivity index (χ1v) is 16.3. The van der Waals surface area contributed by atoms with E-state index in [1.807, 2.05) is 0 Å². The first-order valence-electron chi connectivity index (χ1n) is 16.3. The highest BCUT2D eigenvalue weighted by Crippen LogP contribution is 2.35. The maximum atomic E-state index is 11.9. The van der Waals surface area contributed by atoms with Crippen molar-refractivity contribution < 1.29 is 9.53 Å². The van der Waals surface area contributed by atoms with Crippen LogP contribution in [0.3, 0.4) is 0 Å². The molecular formula is C36H57N5O2. The van der Waals surface area contributed by atoms with Crippen molar-refractivity contribution in [2.45, 2.75) is 83.8 Å². The van der Waals surface area contributed by atoms with E-state index in [0.717, 1.165) is 84.0 Å². The highest BCUT2D eigenvalue weighted by atomic mass is 16.5. The lowest BCUT2D eigenvalue weighted by Gasteiger charge is -2.42. The highest BCUT2D eigenvalue weighted by Gasteiger charge is 2.32. The third-order valence-electron chi connectivity index (χ3n) is 9.58. The summed E-state index contributed by atoms with van der Waals surface area (Å²) in [6.45, 7) is 21.9. The smallest absolute Gasteiger partial charge is 0.217 e. The molecule has 2 aliphatic heterocycles. The number of ether oxygens (including phenoxy) is 1. The van der Waals surface area contributed by atoms with Crippen LogP contribution in [-0.4, -0.2) is 98.1 Å². The van der Waals surface area contributed by atoms with Crippen molar-refractivity contribution in [2.24, 2.45) is 5.73 Å². The predicted molar refractivity (Wildman–Crippen MR) is 178 cm³/mol. The van der Waals surface area contributed by atoms with E-state index in [-0.39, 0.29) is 16.7 Å². The van der Waals surface area contributed by atoms with Crippen LogP contribution in [-0.2, 0) is 28.7 Å². The lowest BCUT2D eigenvalue weighted by molar-refractivity contribution is -0.118. The van der Waals surface area contributed by atoms with Crippen molar-refractivity contribution in [3.8, 4) is 5.75 Å². The zero-order chi connectivity index (χ0) is 31.2. The monoisotopic (exact) mass is 591 g/mol. The van der Waals surface area contributed by atoms with Gasteiger partial charge in [-0.3, -0.25) is 19.5 Å². The van der Waals surface area contributed by atoms with Crippen molar-refractivity contribution in [2.75, 3.05) is 66.5 Å². The number of methoxy groups -OCH3 is 1. The van der Waals surface area contributed by atoms with Gasteiger partial charge in [-0.15, -0.1) is 0 Å². The average molecular weight is 592 g/mol. The number of nitrogens with zero attached hydrogens (tertiary/aromatic N) is 4. The molecule has 0 saturated carbocycles. The number of hydrogen-bond donors (Lipinski definition) is 1. The average Bonchev–Trinajstić information content (AvgIpc) is 2.96. The summed E-state index contributed by atoms with van der Waals surface area (Å²) in [6.07, 6.45) is 2.19. The molecule has 2 aliphatic rings. The molecule has 7 nitrogen and oxygen atoms in total. The quantitative estimate of drug-likeness (QED) is 0.381. The van der Waals surface area contributed by atoms with Gasteiger partial charge in [0.1, 0.15) is 5.75 Å². The molecule has 0 spiro atoms. The number of nitrogens with two attached hydrogens (primary N) is 1. The summed E-state index contributed by atoms with van der Waals surface area (Å²) in [5.41, 5.74) is 11.1. The van der Waals surface area contributed by atoms with E-state index in [1.54, 1.807) is 7.11 Å². The van der Waals surface area contributed by atoms with Gasteiger partial charge in [0.25, 0.3) is 0 Å². The van der Waals surface area contributed by atoms with Crippen LogP contribution in [0.15, 0.2) is 42.5 Å². The van der Waals surface area contributed by atoms with Crippen LogP contribution in [0.2, 0.25) is 0 Å². The molecule has 4 rings (SSSR count). The summed E-state index contributed by atoms with van der Waals surface area (Å²) in [5, 5.41) is 0. The topological polar surface area (TPSA) is 65.3 Å². The van der Waals surface area contributed by atoms with Crippen molar-refractivity contribution in [3.05, 3.63) is 64.7 Å². The molecule has 7 heteroatoms. The summed E-state index contributed by atoms with van der Waals surface area (Å²) < 4.78 is 5.78. The molecule has 0 bridgehead atoms. The molecule has 2 saturated heterocycles. The van der Waals surface area contributed by atoms with E-state index < -0.39 is 0 Å². The van der Waals surface area contributed by atoms with Crippen molar-refractivity contribution in [1.82, 2.24) is 19.6 Å². The number of benzene rings is 2. The Kier molecular flexibility index (Phi) is 11.3. The summed E-state index contributed by atoms with van der Waals surface area (Å²) in [6, 6.07) is 16.1. The molecule has 1 amide bonds. The van der Waals surface area contributed by atoms with Gasteiger partial charge in [-0.05, 0) is 65.1 Å². The van der Waals surface area contributed by atoms with Gasteiger partial charge in [0.05, 0.1) is 7.11 Å². The van der Waals surface area contributed by atoms with Crippen LogP contribution < -0.4 is 10.5 Å². The lowest BCUT2D eigenvalue weighted by Crippen LogP contribution is -2.51. The van der Waals surface area contributed by atoms with Gasteiger partial charge in [0, 0.05) is 77.9 Å². The Hall–Kier alpha value is -2.45. The van der Waals surface area contributed by atoms with Gasteiger partial charge in [0.2, 0.25) is 5.91 Å². The Morgan fingerprint density at radius 2 is 1.44 bits per heavy atom. The zero-order valence-corrected chi connectivity index (χ0v) is 28.0. The van der Waals surface area contributed by atoms with Crippen molar-refractivity contribution >= 4 is 5.91 Å². The van der Waals surface area contributed by atoms with Crippen LogP contribution in [0.25, 0.3) is 0 Å². The van der Waals surface area contributed by atoms with Crippen molar-refractivity contribution in [3.63, 3.8) is 0 Å². The van der Waals surface area contributed by atoms with Gasteiger partial charge in [-0.2, -0.15) is 0 Å². The van der Waals surface area contributed by atoms with Crippen molar-refractivity contribution in [1.29, 1.82) is 0 Å². The normalized spacial score (nSPS) is 19.0. The fourth-order valence-corrected chi connectivity index (χ4v) is 6.64. The van der Waals surface area contributed by atoms with Gasteiger partial charge in [-0.25, -0.2) is 0 Å². The van der Waals surface area contributed by atoms with Crippen LogP contribution in [0.4, 0.5) is 0 Å². The molecule has 1 atom stereocenters. The van der Waals surface area contributed by atoms with Crippen LogP contribution in [0, 0.1) is 0 Å². The molecule has 1 unspecified atom stereocenters. The first kappa shape index (κ1) is 33.4. The Morgan fingerprint density at radius 3 is 2.05 bits per heavy atom. The Labute approximate surface area is 261 Å². The molecule has 2 fully saturated rings. The Bertz CT molecular complexity index is 1190. The van der Waals surface area contributed by atoms with Gasteiger partial charge >= 0.3 is 0 Å². The number of piperazine rings is 2. The maximum absolute atomic E-state index is 11.9. The number of likely N-dealkylation sites (N-methyl/N-ethyl adjacent to an activating group) is 1. The summed E-state index contributed by atoms with van der Waals surface area (Å²) >= 11 is 0. The minimum absolute atomic E-state index is 0.0851. The van der Waals surface area contributed by atoms with Crippen LogP contribution in [0.1, 0.15) is 76.1 Å². The molecule has 0 radical (unpaired) electrons. The number of carbonyl (C=O) groups is 1. The maximum Gasteiger partial charge on any atom is 0.217 e. The first-order chi connectivity index (χ1) is 20.3. The Morgan fingerprint density at radius 1 is 0.837 bits per heavy atom. The zero-order valence-electron chi connectivity index (χ0n) is 28.0. The molecule has 2 heterocycles. The minimum atomic E-state index is -0.212.